The van der Waals surface area contributed by atoms with Gasteiger partial charge in [-0.1, -0.05) is 210 Å². The molecule has 3 aliphatic carbocycles. The molecular formula is C86H95BN3O. The van der Waals surface area contributed by atoms with Crippen molar-refractivity contribution in [3.05, 3.63) is 213 Å². The summed E-state index contributed by atoms with van der Waals surface area (Å²) in [4.78, 5) is 5.14. The molecule has 5 heteroatoms. The summed E-state index contributed by atoms with van der Waals surface area (Å²) >= 11 is 0. The van der Waals surface area contributed by atoms with Gasteiger partial charge < -0.3 is 19.5 Å². The molecule has 0 fully saturated rings. The average Bonchev–Trinajstić information content (AvgIpc) is 1.70. The third-order valence-corrected chi connectivity index (χ3v) is 22.2. The van der Waals surface area contributed by atoms with Crippen molar-refractivity contribution in [3.63, 3.8) is 0 Å². The van der Waals surface area contributed by atoms with Crippen LogP contribution >= 0.6 is 0 Å². The molecule has 10 aromatic rings. The van der Waals surface area contributed by atoms with Crippen molar-refractivity contribution < 1.29 is 4.42 Å². The maximum Gasteiger partial charge on any atom is 0.198 e. The summed E-state index contributed by atoms with van der Waals surface area (Å²) in [5.74, 6) is 0. The number of benzene rings is 9. The van der Waals surface area contributed by atoms with E-state index in [0.717, 1.165) is 86.2 Å². The van der Waals surface area contributed by atoms with Crippen LogP contribution in [0, 0.1) is 6.92 Å². The van der Waals surface area contributed by atoms with Crippen molar-refractivity contribution >= 4 is 85.6 Å². The zero-order valence-electron chi connectivity index (χ0n) is 58.2. The molecule has 2 heterocycles. The van der Waals surface area contributed by atoms with Crippen LogP contribution in [0.2, 0.25) is 0 Å². The van der Waals surface area contributed by atoms with Crippen LogP contribution in [0.15, 0.2) is 162 Å². The highest BCUT2D eigenvalue weighted by Crippen LogP contribution is 2.57. The van der Waals surface area contributed by atoms with E-state index in [0.29, 0.717) is 0 Å². The fraction of sp³-hybridized carbons (Fsp3) is 0.372. The Labute approximate surface area is 545 Å². The molecule has 4 nitrogen and oxygen atoms in total. The van der Waals surface area contributed by atoms with Gasteiger partial charge in [-0.3, -0.25) is 0 Å². The fourth-order valence-electron chi connectivity index (χ4n) is 16.0. The number of anilines is 8. The first-order valence-electron chi connectivity index (χ1n) is 33.8. The zero-order valence-corrected chi connectivity index (χ0v) is 58.2. The Balaban J connectivity index is 1.04. The second-order valence-corrected chi connectivity index (χ2v) is 34.0. The van der Waals surface area contributed by atoms with E-state index in [1.54, 1.807) is 0 Å². The summed E-state index contributed by atoms with van der Waals surface area (Å²) in [6, 6.07) is 61.5. The van der Waals surface area contributed by atoms with Crippen LogP contribution in [0.4, 0.5) is 45.5 Å². The van der Waals surface area contributed by atoms with Crippen molar-refractivity contribution in [2.24, 2.45) is 0 Å². The number of hydrogen-bond acceptors (Lipinski definition) is 4. The maximum absolute atomic E-state index is 7.43. The van der Waals surface area contributed by atoms with E-state index in [9.17, 15) is 0 Å². The van der Waals surface area contributed by atoms with E-state index >= 15 is 0 Å². The number of rotatable bonds is 7. The van der Waals surface area contributed by atoms with Crippen molar-refractivity contribution in [1.82, 2.24) is 0 Å². The number of fused-ring (bicyclic) bond motifs is 10. The molecule has 0 atom stereocenters. The molecule has 0 amide bonds. The lowest BCUT2D eigenvalue weighted by atomic mass is 9.55. The Morgan fingerprint density at radius 1 is 0.440 bits per heavy atom. The van der Waals surface area contributed by atoms with Crippen molar-refractivity contribution in [1.29, 1.82) is 0 Å². The molecule has 1 N–H and O–H groups in total. The predicted octanol–water partition coefficient (Wildman–Crippen LogP) is 23.1. The van der Waals surface area contributed by atoms with E-state index in [-0.39, 0.29) is 43.3 Å². The third kappa shape index (κ3) is 9.99. The molecule has 1 aromatic heterocycles. The number of nitrogens with zero attached hydrogens (tertiary/aromatic N) is 2. The van der Waals surface area contributed by atoms with Crippen LogP contribution in [-0.4, -0.2) is 7.28 Å². The highest BCUT2D eigenvalue weighted by atomic mass is 16.3. The Bertz CT molecular complexity index is 4520. The molecule has 1 radical (unpaired) electrons. The molecule has 14 rings (SSSR count). The van der Waals surface area contributed by atoms with Gasteiger partial charge >= 0.3 is 0 Å². The summed E-state index contributed by atoms with van der Waals surface area (Å²) in [6.07, 6.45) is 4.59. The van der Waals surface area contributed by atoms with Gasteiger partial charge in [-0.2, -0.15) is 0 Å². The lowest BCUT2D eigenvalue weighted by Gasteiger charge is -2.45. The first kappa shape index (κ1) is 60.8. The van der Waals surface area contributed by atoms with E-state index in [4.69, 9.17) is 4.42 Å². The topological polar surface area (TPSA) is 31.7 Å². The van der Waals surface area contributed by atoms with Gasteiger partial charge in [-0.05, 0) is 228 Å². The summed E-state index contributed by atoms with van der Waals surface area (Å²) in [7, 11) is 2.54. The van der Waals surface area contributed by atoms with Crippen LogP contribution in [0.3, 0.4) is 0 Å². The highest BCUT2D eigenvalue weighted by Gasteiger charge is 2.44. The highest BCUT2D eigenvalue weighted by molar-refractivity contribution is 6.74. The lowest BCUT2D eigenvalue weighted by molar-refractivity contribution is 0.331. The summed E-state index contributed by atoms with van der Waals surface area (Å²) in [6.45, 7) is 47.6. The van der Waals surface area contributed by atoms with Crippen molar-refractivity contribution in [3.8, 4) is 22.3 Å². The molecule has 463 valence electrons. The van der Waals surface area contributed by atoms with Crippen LogP contribution < -0.4 is 26.0 Å². The number of hydrogen-bond donors (Lipinski definition) is 1. The second-order valence-electron chi connectivity index (χ2n) is 34.0. The molecule has 4 aliphatic rings. The molecule has 9 aromatic carbocycles. The first-order valence-corrected chi connectivity index (χ1v) is 33.8. The Morgan fingerprint density at radius 2 is 0.923 bits per heavy atom. The predicted molar refractivity (Wildman–Crippen MR) is 392 cm³/mol. The second kappa shape index (κ2) is 20.4. The van der Waals surface area contributed by atoms with Crippen LogP contribution in [0.5, 0.6) is 0 Å². The van der Waals surface area contributed by atoms with Crippen molar-refractivity contribution in [2.45, 2.75) is 207 Å². The number of furan rings is 1. The van der Waals surface area contributed by atoms with Gasteiger partial charge in [0.2, 0.25) is 0 Å². The Kier molecular flexibility index (Phi) is 13.6. The van der Waals surface area contributed by atoms with E-state index in [1.807, 2.05) is 0 Å². The van der Waals surface area contributed by atoms with Gasteiger partial charge in [0.1, 0.15) is 11.2 Å². The quantitative estimate of drug-likeness (QED) is 0.161. The largest absolute Gasteiger partial charge is 0.455 e. The number of nitrogens with one attached hydrogen (secondary N) is 1. The summed E-state index contributed by atoms with van der Waals surface area (Å²) in [5.41, 5.74) is 31.5. The average molecular weight is 1200 g/mol. The standard InChI is InChI=1S/C86H95BN3O/c1-51-43-66-68(84(15,16)41-39-82(66,11)12)49-72(51)90-73-50-69-67(83(13,14)40-42-85(69,17)18)47-70(73)87-77-74(90)46-62-60-23-21-22-24-75(60)91-78(62)76(77)63-45-61-59-38-37-58(44-64(59)86(19,20)65(61)48-71(63)88-55-31-25-52(26-32-55)79(2,3)4)89(56-33-27-53(28-34-56)80(5,6)7)57-35-29-54(30-36-57)81(8,9)10/h21-38,43-50,88H,39-42H2,1-20H3. The lowest BCUT2D eigenvalue weighted by Crippen LogP contribution is -2.44. The van der Waals surface area contributed by atoms with Gasteiger partial charge in [0.05, 0.1) is 0 Å². The van der Waals surface area contributed by atoms with Crippen LogP contribution in [0.25, 0.3) is 44.2 Å². The van der Waals surface area contributed by atoms with Gasteiger partial charge in [-0.15, -0.1) is 0 Å². The minimum atomic E-state index is -0.373. The minimum Gasteiger partial charge on any atom is -0.455 e. The number of aryl methyl sites for hydroxylation is 1. The molecule has 0 unspecified atom stereocenters. The van der Waals surface area contributed by atoms with Crippen LogP contribution in [0.1, 0.15) is 213 Å². The van der Waals surface area contributed by atoms with Crippen molar-refractivity contribution in [2.75, 3.05) is 15.1 Å². The molecule has 1 aliphatic heterocycles. The van der Waals surface area contributed by atoms with Gasteiger partial charge in [0.15, 0.2) is 7.28 Å². The van der Waals surface area contributed by atoms with E-state index in [2.05, 4.69) is 319 Å². The zero-order chi connectivity index (χ0) is 64.7. The molecule has 91 heavy (non-hydrogen) atoms. The summed E-state index contributed by atoms with van der Waals surface area (Å²) in [5, 5.41) is 6.38. The van der Waals surface area contributed by atoms with E-state index < -0.39 is 0 Å². The number of para-hydroxylation sites is 1. The molecule has 0 bridgehead atoms. The van der Waals surface area contributed by atoms with Gasteiger partial charge in [0, 0.05) is 72.8 Å². The monoisotopic (exact) mass is 1200 g/mol. The fourth-order valence-corrected chi connectivity index (χ4v) is 16.0. The first-order chi connectivity index (χ1) is 42.6. The SMILES string of the molecule is Cc1cc2c(cc1N1c3cc4c(cc3[B]c3c1cc1c(oc5ccccc51)c3-c1cc3c(cc1Nc1ccc(C(C)(C)C)cc1)C(C)(C)c1cc(N(c5ccc(C(C)(C)C)cc5)c5ccc(C(C)(C)C)cc5)ccc1-3)C(C)(C)CCC4(C)C)C(C)(C)CCC2(C)C. The molecule has 0 spiro atoms. The van der Waals surface area contributed by atoms with Gasteiger partial charge in [-0.25, -0.2) is 0 Å². The Hall–Kier alpha value is -7.76. The Morgan fingerprint density at radius 3 is 1.47 bits per heavy atom. The van der Waals surface area contributed by atoms with Crippen LogP contribution in [-0.2, 0) is 43.3 Å². The summed E-state index contributed by atoms with van der Waals surface area (Å²) < 4.78 is 7.43. The third-order valence-electron chi connectivity index (χ3n) is 22.2. The molecular weight excluding hydrogens is 1100 g/mol. The maximum atomic E-state index is 7.43. The molecule has 0 saturated heterocycles. The molecule has 0 saturated carbocycles. The van der Waals surface area contributed by atoms with Gasteiger partial charge in [0.25, 0.3) is 0 Å². The smallest absolute Gasteiger partial charge is 0.198 e. The normalized spacial score (nSPS) is 17.3. The van der Waals surface area contributed by atoms with E-state index in [1.165, 1.54) is 95.7 Å². The minimum absolute atomic E-state index is 0.00611.